The molecule has 0 saturated heterocycles. The molecule has 0 spiro atoms. The van der Waals surface area contributed by atoms with Crippen molar-refractivity contribution in [3.63, 3.8) is 0 Å². The molecule has 0 rings (SSSR count). The lowest BCUT2D eigenvalue weighted by Gasteiger charge is -2.20. The molecule has 0 heterocycles. The van der Waals surface area contributed by atoms with E-state index in [0.29, 0.717) is 6.42 Å². The molecule has 0 aromatic rings. The van der Waals surface area contributed by atoms with Crippen LogP contribution in [0.3, 0.4) is 0 Å². The van der Waals surface area contributed by atoms with E-state index >= 15 is 0 Å². The van der Waals surface area contributed by atoms with Gasteiger partial charge < -0.3 is 43.4 Å². The third kappa shape index (κ3) is 11.7. The van der Waals surface area contributed by atoms with Gasteiger partial charge in [-0.1, -0.05) is 0 Å². The van der Waals surface area contributed by atoms with Gasteiger partial charge >= 0.3 is 11.9 Å². The molecule has 0 aromatic carbocycles. The van der Waals surface area contributed by atoms with Crippen molar-refractivity contribution in [1.29, 1.82) is 0 Å². The normalized spacial score (nSPS) is 13.3. The van der Waals surface area contributed by atoms with Crippen LogP contribution in [-0.4, -0.2) is 82.8 Å². The molecule has 170 valence electrons. The maximum Gasteiger partial charge on any atom is 0.327 e. The zero-order valence-electron chi connectivity index (χ0n) is 16.0. The number of nitrogens with two attached hydrogens (primary N) is 3. The van der Waals surface area contributed by atoms with Gasteiger partial charge in [-0.2, -0.15) is 12.6 Å². The van der Waals surface area contributed by atoms with Crippen molar-refractivity contribution < 1.29 is 34.2 Å². The fraction of sp³-hybridized carbons (Fsp3) is 0.600. The van der Waals surface area contributed by atoms with E-state index in [0.717, 1.165) is 0 Å². The van der Waals surface area contributed by atoms with Crippen molar-refractivity contribution >= 4 is 48.2 Å². The van der Waals surface area contributed by atoms with Crippen LogP contribution in [0.25, 0.3) is 0 Å². The van der Waals surface area contributed by atoms with Gasteiger partial charge in [0.1, 0.15) is 12.1 Å². The molecule has 0 bridgehead atoms. The van der Waals surface area contributed by atoms with Crippen LogP contribution >= 0.6 is 12.6 Å². The second kappa shape index (κ2) is 14.0. The lowest BCUT2D eigenvalue weighted by Crippen LogP contribution is -2.54. The van der Waals surface area contributed by atoms with Crippen molar-refractivity contribution in [2.24, 2.45) is 22.2 Å². The van der Waals surface area contributed by atoms with Gasteiger partial charge in [0.25, 0.3) is 0 Å². The van der Waals surface area contributed by atoms with Crippen LogP contribution in [0.4, 0.5) is 0 Å². The Balaban J connectivity index is 4.66. The van der Waals surface area contributed by atoms with Crippen LogP contribution in [0.1, 0.15) is 19.3 Å². The molecule has 11 N–H and O–H groups in total. The van der Waals surface area contributed by atoms with Crippen molar-refractivity contribution in [3.05, 3.63) is 0 Å². The number of nitrogens with one attached hydrogen (secondary N) is 3. The number of aliphatic carboxylic acids is 2. The number of nitrogens with zero attached hydrogens (tertiary/aromatic N) is 1. The standard InChI is InChI=1S/C15H27N7O7S/c16-7(2-1-3-19-15(17)18)12(26)20-5-10(23)21-8(4-11(24)25)13(27)22-9(6-30)14(28)29/h7-9,30H,1-6,16H2,(H,20,26)(H,21,23)(H,22,27)(H,24,25)(H,28,29)(H4,17,18,19)/t7-,8-,9-/m0/s1. The Hall–Kier alpha value is -3.07. The van der Waals surface area contributed by atoms with E-state index in [2.05, 4.69) is 33.6 Å². The van der Waals surface area contributed by atoms with Crippen molar-refractivity contribution in [2.45, 2.75) is 37.4 Å². The largest absolute Gasteiger partial charge is 0.481 e. The molecular weight excluding hydrogens is 422 g/mol. The minimum atomic E-state index is -1.55. The molecule has 15 heteroatoms. The molecule has 14 nitrogen and oxygen atoms in total. The topological polar surface area (TPSA) is 252 Å². The summed E-state index contributed by atoms with van der Waals surface area (Å²) in [4.78, 5) is 61.6. The number of carbonyl (C=O) groups is 5. The highest BCUT2D eigenvalue weighted by Gasteiger charge is 2.28. The number of carbonyl (C=O) groups excluding carboxylic acids is 3. The monoisotopic (exact) mass is 449 g/mol. The second-order valence-electron chi connectivity index (χ2n) is 6.07. The van der Waals surface area contributed by atoms with Gasteiger partial charge in [0, 0.05) is 12.3 Å². The summed E-state index contributed by atoms with van der Waals surface area (Å²) in [6.45, 7) is -0.293. The molecule has 0 radical (unpaired) electrons. The lowest BCUT2D eigenvalue weighted by molar-refractivity contribution is -0.143. The maximum absolute atomic E-state index is 12.1. The molecule has 30 heavy (non-hydrogen) atoms. The summed E-state index contributed by atoms with van der Waals surface area (Å²) in [6, 6.07) is -3.86. The number of carboxylic acid groups (broad SMARTS) is 2. The molecule has 0 aromatic heterocycles. The zero-order valence-corrected chi connectivity index (χ0v) is 16.9. The SMILES string of the molecule is NC(N)=NCCC[C@H](N)C(=O)NCC(=O)N[C@@H](CC(=O)O)C(=O)N[C@@H](CS)C(=O)O. The van der Waals surface area contributed by atoms with Crippen molar-refractivity contribution in [1.82, 2.24) is 16.0 Å². The van der Waals surface area contributed by atoms with Gasteiger partial charge in [0.15, 0.2) is 5.96 Å². The fourth-order valence-electron chi connectivity index (χ4n) is 2.04. The highest BCUT2D eigenvalue weighted by Crippen LogP contribution is 1.98. The van der Waals surface area contributed by atoms with E-state index in [1.54, 1.807) is 0 Å². The van der Waals surface area contributed by atoms with Crippen LogP contribution in [0.2, 0.25) is 0 Å². The summed E-state index contributed by atoms with van der Waals surface area (Å²) < 4.78 is 0. The van der Waals surface area contributed by atoms with Gasteiger partial charge in [0.05, 0.1) is 19.0 Å². The minimum absolute atomic E-state index is 0.0892. The molecule has 0 saturated carbocycles. The lowest BCUT2D eigenvalue weighted by atomic mass is 10.1. The molecule has 3 atom stereocenters. The van der Waals surface area contributed by atoms with E-state index in [-0.39, 0.29) is 24.7 Å². The van der Waals surface area contributed by atoms with E-state index in [9.17, 15) is 24.0 Å². The Kier molecular flexibility index (Phi) is 12.6. The van der Waals surface area contributed by atoms with Gasteiger partial charge in [-0.25, -0.2) is 4.79 Å². The van der Waals surface area contributed by atoms with E-state index < -0.39 is 60.8 Å². The summed E-state index contributed by atoms with van der Waals surface area (Å²) in [5.74, 6) is -5.64. The summed E-state index contributed by atoms with van der Waals surface area (Å²) in [5.41, 5.74) is 16.0. The number of thiol groups is 1. The number of rotatable bonds is 14. The van der Waals surface area contributed by atoms with E-state index in [1.165, 1.54) is 0 Å². The van der Waals surface area contributed by atoms with Gasteiger partial charge in [-0.15, -0.1) is 0 Å². The number of hydrogen-bond donors (Lipinski definition) is 9. The van der Waals surface area contributed by atoms with Crippen LogP contribution < -0.4 is 33.2 Å². The van der Waals surface area contributed by atoms with Crippen LogP contribution in [0.5, 0.6) is 0 Å². The molecule has 0 aliphatic heterocycles. The molecule has 0 unspecified atom stereocenters. The van der Waals surface area contributed by atoms with Crippen LogP contribution in [-0.2, 0) is 24.0 Å². The Bertz CT molecular complexity index is 670. The second-order valence-corrected chi connectivity index (χ2v) is 6.44. The number of aliphatic imine (C=N–C) groups is 1. The molecular formula is C15H27N7O7S. The van der Waals surface area contributed by atoms with E-state index in [4.69, 9.17) is 27.4 Å². The first kappa shape index (κ1) is 26.9. The van der Waals surface area contributed by atoms with Crippen LogP contribution in [0.15, 0.2) is 4.99 Å². The number of carboxylic acids is 2. The average molecular weight is 449 g/mol. The third-order valence-electron chi connectivity index (χ3n) is 3.56. The average Bonchev–Trinajstić information content (AvgIpc) is 2.65. The number of amides is 3. The summed E-state index contributed by atoms with van der Waals surface area (Å²) >= 11 is 3.78. The predicted octanol–water partition coefficient (Wildman–Crippen LogP) is -4.06. The van der Waals surface area contributed by atoms with E-state index in [1.807, 2.05) is 0 Å². The first-order valence-corrected chi connectivity index (χ1v) is 9.35. The quantitative estimate of drug-likeness (QED) is 0.0536. The van der Waals surface area contributed by atoms with Crippen molar-refractivity contribution in [3.8, 4) is 0 Å². The minimum Gasteiger partial charge on any atom is -0.481 e. The van der Waals surface area contributed by atoms with Gasteiger partial charge in [-0.05, 0) is 12.8 Å². The summed E-state index contributed by atoms with van der Waals surface area (Å²) in [6.07, 6.45) is -0.126. The first-order valence-electron chi connectivity index (χ1n) is 8.71. The predicted molar refractivity (Wildman–Crippen MR) is 108 cm³/mol. The Morgan fingerprint density at radius 2 is 1.63 bits per heavy atom. The van der Waals surface area contributed by atoms with Gasteiger partial charge in [-0.3, -0.25) is 24.2 Å². The smallest absolute Gasteiger partial charge is 0.327 e. The fourth-order valence-corrected chi connectivity index (χ4v) is 2.28. The molecule has 0 aliphatic carbocycles. The number of hydrogen-bond acceptors (Lipinski definition) is 8. The molecule has 3 amide bonds. The Labute approximate surface area is 177 Å². The highest BCUT2D eigenvalue weighted by molar-refractivity contribution is 7.80. The van der Waals surface area contributed by atoms with Crippen molar-refractivity contribution in [2.75, 3.05) is 18.8 Å². The summed E-state index contributed by atoms with van der Waals surface area (Å²) in [7, 11) is 0. The Morgan fingerprint density at radius 1 is 1.00 bits per heavy atom. The third-order valence-corrected chi connectivity index (χ3v) is 3.92. The molecule has 0 aliphatic rings. The zero-order chi connectivity index (χ0) is 23.3. The highest BCUT2D eigenvalue weighted by atomic mass is 32.1. The van der Waals surface area contributed by atoms with Crippen LogP contribution in [0, 0.1) is 0 Å². The Morgan fingerprint density at radius 3 is 2.13 bits per heavy atom. The molecule has 0 fully saturated rings. The van der Waals surface area contributed by atoms with Gasteiger partial charge in [0.2, 0.25) is 17.7 Å². The summed E-state index contributed by atoms with van der Waals surface area (Å²) in [5, 5.41) is 24.3. The number of guanidine groups is 1. The first-order chi connectivity index (χ1) is 14.0. The maximum atomic E-state index is 12.1.